The van der Waals surface area contributed by atoms with Crippen molar-refractivity contribution in [2.45, 2.75) is 26.7 Å². The van der Waals surface area contributed by atoms with Gasteiger partial charge in [-0.2, -0.15) is 0 Å². The van der Waals surface area contributed by atoms with Crippen LogP contribution in [-0.4, -0.2) is 33.5 Å². The molecule has 0 saturated carbocycles. The molecule has 6 nitrogen and oxygen atoms in total. The summed E-state index contributed by atoms with van der Waals surface area (Å²) in [5.74, 6) is 0.381. The maximum Gasteiger partial charge on any atom is 0.236 e. The van der Waals surface area contributed by atoms with Crippen molar-refractivity contribution in [3.8, 4) is 0 Å². The summed E-state index contributed by atoms with van der Waals surface area (Å²) in [5.41, 5.74) is 1.85. The molecular weight excluding hydrogens is 344 g/mol. The van der Waals surface area contributed by atoms with E-state index in [2.05, 4.69) is 20.8 Å². The number of thioether (sulfide) groups is 1. The van der Waals surface area contributed by atoms with Crippen LogP contribution < -0.4 is 10.6 Å². The molecule has 2 amide bonds. The number of aromatic nitrogens is 2. The van der Waals surface area contributed by atoms with E-state index in [1.165, 1.54) is 23.1 Å². The van der Waals surface area contributed by atoms with E-state index in [4.69, 9.17) is 0 Å². The fourth-order valence-corrected chi connectivity index (χ4v) is 3.21. The van der Waals surface area contributed by atoms with E-state index in [-0.39, 0.29) is 29.2 Å². The van der Waals surface area contributed by atoms with E-state index in [1.807, 2.05) is 45.0 Å². The van der Waals surface area contributed by atoms with Gasteiger partial charge in [-0.15, -0.1) is 22.0 Å². The summed E-state index contributed by atoms with van der Waals surface area (Å²) in [6.07, 6.45) is 0. The minimum absolute atomic E-state index is 0.128. The first-order valence-corrected chi connectivity index (χ1v) is 9.48. The van der Waals surface area contributed by atoms with Crippen LogP contribution in [0.25, 0.3) is 0 Å². The van der Waals surface area contributed by atoms with Gasteiger partial charge < -0.3 is 5.32 Å². The summed E-state index contributed by atoms with van der Waals surface area (Å²) in [4.78, 5) is 23.7. The average molecular weight is 364 g/mol. The Bertz CT molecular complexity index is 716. The summed E-state index contributed by atoms with van der Waals surface area (Å²) in [6, 6.07) is 7.59. The summed E-state index contributed by atoms with van der Waals surface area (Å²) in [5, 5.41) is 14.8. The number of benzene rings is 1. The Morgan fingerprint density at radius 2 is 1.88 bits per heavy atom. The van der Waals surface area contributed by atoms with Crippen molar-refractivity contribution < 1.29 is 9.59 Å². The first-order valence-electron chi connectivity index (χ1n) is 7.51. The monoisotopic (exact) mass is 364 g/mol. The van der Waals surface area contributed by atoms with E-state index >= 15 is 0 Å². The van der Waals surface area contributed by atoms with E-state index in [1.54, 1.807) is 0 Å². The third kappa shape index (κ3) is 5.93. The highest BCUT2D eigenvalue weighted by atomic mass is 32.2. The van der Waals surface area contributed by atoms with Crippen LogP contribution in [0.15, 0.2) is 24.3 Å². The number of rotatable bonds is 7. The number of hydrogen-bond acceptors (Lipinski definition) is 6. The number of aryl methyl sites for hydroxylation is 1. The van der Waals surface area contributed by atoms with Crippen molar-refractivity contribution >= 4 is 45.7 Å². The Morgan fingerprint density at radius 1 is 1.17 bits per heavy atom. The van der Waals surface area contributed by atoms with Gasteiger partial charge in [-0.3, -0.25) is 14.9 Å². The van der Waals surface area contributed by atoms with Gasteiger partial charge in [-0.25, -0.2) is 0 Å². The highest BCUT2D eigenvalue weighted by molar-refractivity contribution is 8.00. The second kappa shape index (κ2) is 8.79. The molecule has 0 aliphatic heterocycles. The number of nitrogens with one attached hydrogen (secondary N) is 2. The van der Waals surface area contributed by atoms with Gasteiger partial charge in [0.2, 0.25) is 16.9 Å². The van der Waals surface area contributed by atoms with Crippen LogP contribution in [0, 0.1) is 6.92 Å². The molecule has 1 aromatic heterocycles. The largest absolute Gasteiger partial charge is 0.325 e. The Labute approximate surface area is 149 Å². The highest BCUT2D eigenvalue weighted by Crippen LogP contribution is 2.22. The molecule has 2 N–H and O–H groups in total. The molecule has 0 aliphatic rings. The number of carbonyl (C=O) groups excluding carboxylic acids is 2. The topological polar surface area (TPSA) is 84.0 Å². The Morgan fingerprint density at radius 3 is 2.50 bits per heavy atom. The summed E-state index contributed by atoms with van der Waals surface area (Å²) < 4.78 is 0. The van der Waals surface area contributed by atoms with E-state index in [9.17, 15) is 9.59 Å². The second-order valence-electron chi connectivity index (χ2n) is 5.56. The maximum atomic E-state index is 11.9. The first kappa shape index (κ1) is 18.4. The molecule has 0 fully saturated rings. The fourth-order valence-electron chi connectivity index (χ4n) is 1.83. The normalized spacial score (nSPS) is 10.7. The van der Waals surface area contributed by atoms with Crippen LogP contribution in [0.5, 0.6) is 0 Å². The lowest BCUT2D eigenvalue weighted by Crippen LogP contribution is -2.18. The molecule has 1 aromatic carbocycles. The van der Waals surface area contributed by atoms with Gasteiger partial charge in [0.15, 0.2) is 0 Å². The van der Waals surface area contributed by atoms with Crippen molar-refractivity contribution in [3.63, 3.8) is 0 Å². The van der Waals surface area contributed by atoms with Gasteiger partial charge in [-0.1, -0.05) is 37.3 Å². The molecule has 0 bridgehead atoms. The van der Waals surface area contributed by atoms with Crippen LogP contribution in [-0.2, 0) is 9.59 Å². The van der Waals surface area contributed by atoms with E-state index < -0.39 is 0 Å². The average Bonchev–Trinajstić information content (AvgIpc) is 2.96. The number of carbonyl (C=O) groups is 2. The molecule has 2 rings (SSSR count). The van der Waals surface area contributed by atoms with Gasteiger partial charge in [0, 0.05) is 11.6 Å². The molecule has 1 heterocycles. The van der Waals surface area contributed by atoms with Crippen molar-refractivity contribution in [3.05, 3.63) is 34.8 Å². The summed E-state index contributed by atoms with van der Waals surface area (Å²) in [6.45, 7) is 6.01. The van der Waals surface area contributed by atoms with Crippen LogP contribution in [0.1, 0.15) is 30.3 Å². The van der Waals surface area contributed by atoms with Gasteiger partial charge >= 0.3 is 0 Å². The van der Waals surface area contributed by atoms with Crippen molar-refractivity contribution in [1.29, 1.82) is 0 Å². The predicted octanol–water partition coefficient (Wildman–Crippen LogP) is 3.28. The van der Waals surface area contributed by atoms with Crippen LogP contribution in [0.4, 0.5) is 10.8 Å². The van der Waals surface area contributed by atoms with Crippen molar-refractivity contribution in [1.82, 2.24) is 10.2 Å². The molecule has 8 heteroatoms. The maximum absolute atomic E-state index is 11.9. The third-order valence-corrected chi connectivity index (χ3v) is 5.02. The zero-order valence-electron chi connectivity index (χ0n) is 13.8. The lowest BCUT2D eigenvalue weighted by atomic mass is 10.2. The lowest BCUT2D eigenvalue weighted by Gasteiger charge is -2.05. The quantitative estimate of drug-likeness (QED) is 0.788. The van der Waals surface area contributed by atoms with Gasteiger partial charge in [0.25, 0.3) is 0 Å². The number of amides is 2. The molecule has 0 atom stereocenters. The number of nitrogens with zero attached hydrogens (tertiary/aromatic N) is 2. The molecule has 0 saturated heterocycles. The summed E-state index contributed by atoms with van der Waals surface area (Å²) >= 11 is 2.63. The van der Waals surface area contributed by atoms with Crippen LogP contribution in [0.2, 0.25) is 0 Å². The van der Waals surface area contributed by atoms with Gasteiger partial charge in [0.05, 0.1) is 11.5 Å². The predicted molar refractivity (Wildman–Crippen MR) is 99.8 cm³/mol. The highest BCUT2D eigenvalue weighted by Gasteiger charge is 2.11. The van der Waals surface area contributed by atoms with Crippen LogP contribution in [0.3, 0.4) is 0 Å². The molecule has 0 unspecified atom stereocenters. The first-order chi connectivity index (χ1) is 11.4. The Kier molecular flexibility index (Phi) is 6.74. The Hall–Kier alpha value is -1.93. The summed E-state index contributed by atoms with van der Waals surface area (Å²) in [7, 11) is 0. The smallest absolute Gasteiger partial charge is 0.236 e. The molecule has 24 heavy (non-hydrogen) atoms. The fraction of sp³-hybridized carbons (Fsp3) is 0.375. The zero-order chi connectivity index (χ0) is 17.5. The molecule has 0 radical (unpaired) electrons. The SMILES string of the molecule is Cc1cccc(NC(=O)CSCC(=O)Nc2nnc(C(C)C)s2)c1. The van der Waals surface area contributed by atoms with Crippen LogP contribution >= 0.6 is 23.1 Å². The zero-order valence-corrected chi connectivity index (χ0v) is 15.5. The lowest BCUT2D eigenvalue weighted by molar-refractivity contribution is -0.114. The van der Waals surface area contributed by atoms with E-state index in [0.717, 1.165) is 16.3 Å². The molecule has 2 aromatic rings. The third-order valence-electron chi connectivity index (χ3n) is 2.95. The minimum atomic E-state index is -0.185. The van der Waals surface area contributed by atoms with Crippen molar-refractivity contribution in [2.75, 3.05) is 22.1 Å². The van der Waals surface area contributed by atoms with Gasteiger partial charge in [-0.05, 0) is 24.6 Å². The molecule has 0 aliphatic carbocycles. The number of anilines is 2. The molecule has 128 valence electrons. The van der Waals surface area contributed by atoms with Crippen molar-refractivity contribution in [2.24, 2.45) is 0 Å². The standard InChI is InChI=1S/C16H20N4O2S2/c1-10(2)15-19-20-16(24-15)18-14(22)9-23-8-13(21)17-12-6-4-5-11(3)7-12/h4-7,10H,8-9H2,1-3H3,(H,17,21)(H,18,20,22). The Balaban J connectivity index is 1.70. The van der Waals surface area contributed by atoms with E-state index in [0.29, 0.717) is 5.13 Å². The minimum Gasteiger partial charge on any atom is -0.325 e. The molecule has 0 spiro atoms. The number of hydrogen-bond donors (Lipinski definition) is 2. The van der Waals surface area contributed by atoms with Gasteiger partial charge in [0.1, 0.15) is 5.01 Å². The molecular formula is C16H20N4O2S2. The second-order valence-corrected chi connectivity index (χ2v) is 7.55.